The first-order valence-electron chi connectivity index (χ1n) is 5.50. The normalized spacial score (nSPS) is 16.4. The van der Waals surface area contributed by atoms with E-state index in [9.17, 15) is 14.7 Å². The first-order chi connectivity index (χ1) is 8.85. The molecule has 1 aromatic carbocycles. The second kappa shape index (κ2) is 6.63. The van der Waals surface area contributed by atoms with Gasteiger partial charge in [0.15, 0.2) is 0 Å². The molecule has 0 aliphatic carbocycles. The van der Waals surface area contributed by atoms with Crippen molar-refractivity contribution in [3.8, 4) is 0 Å². The lowest BCUT2D eigenvalue weighted by Gasteiger charge is -2.06. The number of fused-ring (bicyclic) bond motifs is 1. The van der Waals surface area contributed by atoms with Gasteiger partial charge in [0.1, 0.15) is 6.04 Å². The number of rotatable bonds is 1. The number of nitrogens with zero attached hydrogens (tertiary/aromatic N) is 2. The van der Waals surface area contributed by atoms with Gasteiger partial charge >= 0.3 is 0 Å². The van der Waals surface area contributed by atoms with Crippen molar-refractivity contribution in [2.45, 2.75) is 26.3 Å². The van der Waals surface area contributed by atoms with Gasteiger partial charge in [-0.25, -0.2) is 4.99 Å². The third-order valence-corrected chi connectivity index (χ3v) is 2.95. The molecule has 1 unspecified atom stereocenters. The molecule has 0 bridgehead atoms. The molecule has 1 heterocycles. The number of carboxylic acid groups (broad SMARTS) is 1. The molecule has 0 saturated heterocycles. The van der Waals surface area contributed by atoms with Gasteiger partial charge < -0.3 is 9.90 Å². The van der Waals surface area contributed by atoms with Crippen LogP contribution in [0, 0.1) is 0 Å². The zero-order chi connectivity index (χ0) is 14.6. The minimum Gasteiger partial charge on any atom is -0.550 e. The lowest BCUT2D eigenvalue weighted by Crippen LogP contribution is -2.35. The highest BCUT2D eigenvalue weighted by Gasteiger charge is 2.14. The molecule has 0 N–H and O–H groups in total. The van der Waals surface area contributed by atoms with E-state index < -0.39 is 12.0 Å². The van der Waals surface area contributed by atoms with Crippen LogP contribution in [0.2, 0.25) is 10.0 Å². The molecule has 0 saturated carbocycles. The Morgan fingerprint density at radius 3 is 2.26 bits per heavy atom. The molecule has 1 aliphatic rings. The maximum absolute atomic E-state index is 11.2. The summed E-state index contributed by atoms with van der Waals surface area (Å²) in [5.74, 6) is -1.25. The predicted octanol–water partition coefficient (Wildman–Crippen LogP) is 0.308. The Labute approximate surface area is 119 Å². The fourth-order valence-corrected chi connectivity index (χ4v) is 1.51. The van der Waals surface area contributed by atoms with E-state index in [1.165, 1.54) is 6.92 Å². The van der Waals surface area contributed by atoms with Gasteiger partial charge in [0.2, 0.25) is 0 Å². The number of carbonyl (C=O) groups is 2. The SMILES string of the molecule is CC1N=c2cc(Cl)c(Cl)cc2=NC1=O.CCC(=O)[O-]. The third kappa shape index (κ3) is 4.29. The van der Waals surface area contributed by atoms with E-state index in [1.807, 2.05) is 0 Å². The molecule has 1 aromatic rings. The van der Waals surface area contributed by atoms with E-state index in [0.717, 1.165) is 0 Å². The maximum atomic E-state index is 11.2. The van der Waals surface area contributed by atoms with Crippen molar-refractivity contribution in [2.24, 2.45) is 9.98 Å². The number of hydrogen-bond donors (Lipinski definition) is 0. The summed E-state index contributed by atoms with van der Waals surface area (Å²) in [6, 6.07) is 2.73. The van der Waals surface area contributed by atoms with Gasteiger partial charge in [-0.05, 0) is 25.5 Å². The van der Waals surface area contributed by atoms with Crippen LogP contribution >= 0.6 is 23.2 Å². The highest BCUT2D eigenvalue weighted by molar-refractivity contribution is 6.41. The summed E-state index contributed by atoms with van der Waals surface area (Å²) in [7, 11) is 0. The topological polar surface area (TPSA) is 81.9 Å². The van der Waals surface area contributed by atoms with Crippen molar-refractivity contribution in [1.29, 1.82) is 0 Å². The molecule has 1 atom stereocenters. The molecule has 19 heavy (non-hydrogen) atoms. The van der Waals surface area contributed by atoms with Gasteiger partial charge in [0, 0.05) is 5.97 Å². The van der Waals surface area contributed by atoms with Crippen molar-refractivity contribution < 1.29 is 14.7 Å². The zero-order valence-corrected chi connectivity index (χ0v) is 11.8. The molecule has 0 aromatic heterocycles. The fraction of sp³-hybridized carbons (Fsp3) is 0.333. The number of aliphatic carboxylic acids is 1. The van der Waals surface area contributed by atoms with Gasteiger partial charge in [-0.3, -0.25) is 9.79 Å². The van der Waals surface area contributed by atoms with Gasteiger partial charge in [-0.2, -0.15) is 0 Å². The highest BCUT2D eigenvalue weighted by Crippen LogP contribution is 2.16. The summed E-state index contributed by atoms with van der Waals surface area (Å²) < 4.78 is 0. The lowest BCUT2D eigenvalue weighted by atomic mass is 10.2. The van der Waals surface area contributed by atoms with Crippen molar-refractivity contribution in [3.63, 3.8) is 0 Å². The molecule has 7 heteroatoms. The minimum absolute atomic E-state index is 0.111. The molecule has 0 spiro atoms. The summed E-state index contributed by atoms with van der Waals surface area (Å²) in [5.41, 5.74) is 0. The summed E-state index contributed by atoms with van der Waals surface area (Å²) in [6.07, 6.45) is 0.111. The first kappa shape index (κ1) is 15.6. The van der Waals surface area contributed by atoms with E-state index in [-0.39, 0.29) is 12.3 Å². The molecule has 0 fully saturated rings. The Bertz CT molecular complexity index is 629. The minimum atomic E-state index is -0.995. The molecule has 0 radical (unpaired) electrons. The van der Waals surface area contributed by atoms with Crippen LogP contribution in [0.4, 0.5) is 0 Å². The smallest absolute Gasteiger partial charge is 0.270 e. The van der Waals surface area contributed by atoms with E-state index in [1.54, 1.807) is 19.1 Å². The van der Waals surface area contributed by atoms with E-state index in [4.69, 9.17) is 23.2 Å². The third-order valence-electron chi connectivity index (χ3n) is 2.23. The zero-order valence-electron chi connectivity index (χ0n) is 10.3. The van der Waals surface area contributed by atoms with Crippen LogP contribution in [0.15, 0.2) is 22.1 Å². The van der Waals surface area contributed by atoms with E-state index >= 15 is 0 Å². The molecule has 1 aliphatic heterocycles. The van der Waals surface area contributed by atoms with Crippen molar-refractivity contribution in [2.75, 3.05) is 0 Å². The Kier molecular flexibility index (Phi) is 5.44. The van der Waals surface area contributed by atoms with Crippen LogP contribution in [0.25, 0.3) is 0 Å². The van der Waals surface area contributed by atoms with Crippen LogP contribution in [0.3, 0.4) is 0 Å². The number of amides is 1. The molecule has 1 amide bonds. The van der Waals surface area contributed by atoms with Crippen molar-refractivity contribution in [1.82, 2.24) is 0 Å². The average Bonchev–Trinajstić information content (AvgIpc) is 2.34. The summed E-state index contributed by atoms with van der Waals surface area (Å²) in [5, 5.41) is 11.2. The standard InChI is InChI=1S/C9H6Cl2N2O.C3H6O2/c1-4-9(14)13-8-3-6(11)5(10)2-7(8)12-4;1-2-3(4)5/h2-4H,1H3;2H2,1H3,(H,4,5)/p-1. The van der Waals surface area contributed by atoms with E-state index in [0.29, 0.717) is 20.8 Å². The second-order valence-corrected chi connectivity index (χ2v) is 4.55. The van der Waals surface area contributed by atoms with Gasteiger partial charge in [0.05, 0.1) is 20.8 Å². The first-order valence-corrected chi connectivity index (χ1v) is 6.26. The Morgan fingerprint density at radius 1 is 1.32 bits per heavy atom. The van der Waals surface area contributed by atoms with Crippen LogP contribution in [-0.4, -0.2) is 17.9 Å². The number of benzene rings is 1. The van der Waals surface area contributed by atoms with Crippen LogP contribution in [-0.2, 0) is 9.59 Å². The second-order valence-electron chi connectivity index (χ2n) is 3.74. The Hall–Kier alpha value is -1.46. The Morgan fingerprint density at radius 2 is 1.79 bits per heavy atom. The van der Waals surface area contributed by atoms with Crippen LogP contribution in [0.1, 0.15) is 20.3 Å². The van der Waals surface area contributed by atoms with Crippen LogP contribution < -0.4 is 15.8 Å². The number of carbonyl (C=O) groups excluding carboxylic acids is 2. The van der Waals surface area contributed by atoms with Gasteiger partial charge in [-0.1, -0.05) is 30.1 Å². The van der Waals surface area contributed by atoms with Gasteiger partial charge in [0.25, 0.3) is 5.91 Å². The molecule has 2 rings (SSSR count). The monoisotopic (exact) mass is 301 g/mol. The maximum Gasteiger partial charge on any atom is 0.270 e. The van der Waals surface area contributed by atoms with Crippen LogP contribution in [0.5, 0.6) is 0 Å². The van der Waals surface area contributed by atoms with Crippen molar-refractivity contribution >= 4 is 35.1 Å². The molecule has 102 valence electrons. The largest absolute Gasteiger partial charge is 0.550 e. The number of carboxylic acids is 1. The number of hydrogen-bond acceptors (Lipinski definition) is 4. The highest BCUT2D eigenvalue weighted by atomic mass is 35.5. The van der Waals surface area contributed by atoms with E-state index in [2.05, 4.69) is 9.98 Å². The fourth-order valence-electron chi connectivity index (χ4n) is 1.19. The van der Waals surface area contributed by atoms with Crippen molar-refractivity contribution in [3.05, 3.63) is 32.9 Å². The summed E-state index contributed by atoms with van der Waals surface area (Å²) >= 11 is 11.6. The molecular weight excluding hydrogens is 291 g/mol. The summed E-state index contributed by atoms with van der Waals surface area (Å²) in [4.78, 5) is 28.5. The molecular formula is C12H11Cl2N2O3-. The average molecular weight is 302 g/mol. The Balaban J connectivity index is 0.000000312. The quantitative estimate of drug-likeness (QED) is 0.748. The predicted molar refractivity (Wildman–Crippen MR) is 68.5 cm³/mol. The molecule has 5 nitrogen and oxygen atoms in total. The number of halogens is 2. The van der Waals surface area contributed by atoms with Gasteiger partial charge in [-0.15, -0.1) is 0 Å². The summed E-state index contributed by atoms with van der Waals surface area (Å²) in [6.45, 7) is 3.23. The lowest BCUT2D eigenvalue weighted by molar-refractivity contribution is -0.305.